The average molecular weight is 183 g/mol. The second kappa shape index (κ2) is 4.66. The van der Waals surface area contributed by atoms with Crippen LogP contribution in [0.5, 0.6) is 0 Å². The molecule has 0 saturated heterocycles. The highest BCUT2D eigenvalue weighted by Crippen LogP contribution is 1.88. The zero-order chi connectivity index (χ0) is 8.91. The van der Waals surface area contributed by atoms with Crippen molar-refractivity contribution in [2.75, 3.05) is 18.8 Å². The molecule has 11 heavy (non-hydrogen) atoms. The molecule has 0 heterocycles. The Kier molecular flexibility index (Phi) is 4.58. The Balaban J connectivity index is 3.61. The van der Waals surface area contributed by atoms with Gasteiger partial charge in [-0.2, -0.15) is 8.42 Å². The zero-order valence-corrected chi connectivity index (χ0v) is 7.13. The molecule has 0 rings (SSSR count). The van der Waals surface area contributed by atoms with Crippen LogP contribution in [0.4, 0.5) is 0 Å². The zero-order valence-electron chi connectivity index (χ0n) is 6.32. The normalized spacial score (nSPS) is 14.8. The van der Waals surface area contributed by atoms with Gasteiger partial charge in [0.2, 0.25) is 0 Å². The van der Waals surface area contributed by atoms with Crippen LogP contribution in [0.3, 0.4) is 0 Å². The first-order valence-corrected chi connectivity index (χ1v) is 4.90. The smallest absolute Gasteiger partial charge is 0.267 e. The number of hydrogen-bond donors (Lipinski definition) is 3. The molecule has 3 N–H and O–H groups in total. The van der Waals surface area contributed by atoms with Crippen molar-refractivity contribution in [3.63, 3.8) is 0 Å². The largest absolute Gasteiger partial charge is 0.391 e. The molecule has 0 saturated carbocycles. The van der Waals surface area contributed by atoms with E-state index in [-0.39, 0.29) is 6.54 Å². The lowest BCUT2D eigenvalue weighted by atomic mass is 10.4. The van der Waals surface area contributed by atoms with Crippen LogP contribution < -0.4 is 5.32 Å². The van der Waals surface area contributed by atoms with E-state index >= 15 is 0 Å². The third kappa shape index (κ3) is 7.73. The third-order valence-corrected chi connectivity index (χ3v) is 1.84. The van der Waals surface area contributed by atoms with Crippen molar-refractivity contribution in [2.24, 2.45) is 0 Å². The summed E-state index contributed by atoms with van der Waals surface area (Å²) in [7, 11) is -4.04. The lowest BCUT2D eigenvalue weighted by Gasteiger charge is -2.07. The summed E-state index contributed by atoms with van der Waals surface area (Å²) in [6.07, 6.45) is -1.04. The Hall–Kier alpha value is -0.170. The molecule has 0 fully saturated rings. The third-order valence-electron chi connectivity index (χ3n) is 1.03. The minimum Gasteiger partial charge on any atom is -0.391 e. The Morgan fingerprint density at radius 1 is 1.55 bits per heavy atom. The van der Waals surface area contributed by atoms with Crippen molar-refractivity contribution in [1.82, 2.24) is 5.32 Å². The second-order valence-corrected chi connectivity index (χ2v) is 3.71. The molecule has 0 aliphatic rings. The first-order chi connectivity index (χ1) is 4.95. The van der Waals surface area contributed by atoms with Gasteiger partial charge in [-0.3, -0.25) is 4.55 Å². The maximum Gasteiger partial charge on any atom is 0.267 e. The fourth-order valence-corrected chi connectivity index (χ4v) is 1.22. The van der Waals surface area contributed by atoms with E-state index in [4.69, 9.17) is 9.66 Å². The van der Waals surface area contributed by atoms with Gasteiger partial charge in [0.15, 0.2) is 0 Å². The Morgan fingerprint density at radius 2 is 2.09 bits per heavy atom. The number of likely N-dealkylation sites (N-methyl/N-ethyl adjacent to an activating group) is 1. The summed E-state index contributed by atoms with van der Waals surface area (Å²) in [6.45, 7) is 2.67. The molecule has 0 radical (unpaired) electrons. The number of aliphatic hydroxyl groups is 1. The molecule has 0 spiro atoms. The molecule has 0 aromatic carbocycles. The molecular weight excluding hydrogens is 170 g/mol. The van der Waals surface area contributed by atoms with Gasteiger partial charge in [-0.15, -0.1) is 0 Å². The van der Waals surface area contributed by atoms with Gasteiger partial charge in [0, 0.05) is 6.54 Å². The van der Waals surface area contributed by atoms with Crippen molar-refractivity contribution in [1.29, 1.82) is 0 Å². The van der Waals surface area contributed by atoms with Gasteiger partial charge >= 0.3 is 0 Å². The molecule has 68 valence electrons. The van der Waals surface area contributed by atoms with E-state index in [2.05, 4.69) is 5.32 Å². The number of nitrogens with one attached hydrogen (secondary N) is 1. The van der Waals surface area contributed by atoms with Crippen LogP contribution in [0.2, 0.25) is 0 Å². The molecule has 1 atom stereocenters. The van der Waals surface area contributed by atoms with Crippen molar-refractivity contribution < 1.29 is 18.1 Å². The summed E-state index contributed by atoms with van der Waals surface area (Å²) in [5.41, 5.74) is 0. The van der Waals surface area contributed by atoms with E-state index in [9.17, 15) is 8.42 Å². The Labute approximate surface area is 66.2 Å². The van der Waals surface area contributed by atoms with Crippen LogP contribution in [0.1, 0.15) is 6.92 Å². The van der Waals surface area contributed by atoms with Gasteiger partial charge in [-0.05, 0) is 6.54 Å². The molecule has 0 aromatic rings. The summed E-state index contributed by atoms with van der Waals surface area (Å²) in [4.78, 5) is 0. The van der Waals surface area contributed by atoms with Crippen LogP contribution in [0.15, 0.2) is 0 Å². The lowest BCUT2D eigenvalue weighted by molar-refractivity contribution is 0.192. The fourth-order valence-electron chi connectivity index (χ4n) is 0.613. The van der Waals surface area contributed by atoms with Crippen LogP contribution in [-0.4, -0.2) is 43.0 Å². The van der Waals surface area contributed by atoms with Gasteiger partial charge in [0.1, 0.15) is 5.75 Å². The van der Waals surface area contributed by atoms with E-state index in [1.807, 2.05) is 6.92 Å². The molecule has 5 nitrogen and oxygen atoms in total. The highest BCUT2D eigenvalue weighted by molar-refractivity contribution is 7.85. The Morgan fingerprint density at radius 3 is 2.45 bits per heavy atom. The summed E-state index contributed by atoms with van der Waals surface area (Å²) >= 11 is 0. The van der Waals surface area contributed by atoms with Gasteiger partial charge in [-0.1, -0.05) is 6.92 Å². The molecule has 0 amide bonds. The van der Waals surface area contributed by atoms with E-state index in [1.54, 1.807) is 0 Å². The molecule has 0 aliphatic heterocycles. The van der Waals surface area contributed by atoms with Crippen LogP contribution in [0, 0.1) is 0 Å². The van der Waals surface area contributed by atoms with Crippen LogP contribution >= 0.6 is 0 Å². The highest BCUT2D eigenvalue weighted by atomic mass is 32.2. The van der Waals surface area contributed by atoms with E-state index < -0.39 is 22.0 Å². The van der Waals surface area contributed by atoms with Gasteiger partial charge in [-0.25, -0.2) is 0 Å². The summed E-state index contributed by atoms with van der Waals surface area (Å²) in [5, 5.41) is 11.7. The second-order valence-electron chi connectivity index (χ2n) is 2.21. The van der Waals surface area contributed by atoms with Gasteiger partial charge < -0.3 is 10.4 Å². The topological polar surface area (TPSA) is 86.6 Å². The summed E-state index contributed by atoms with van der Waals surface area (Å²) in [6, 6.07) is 0. The fraction of sp³-hybridized carbons (Fsp3) is 1.00. The number of aliphatic hydroxyl groups excluding tert-OH is 1. The maximum absolute atomic E-state index is 10.2. The first-order valence-electron chi connectivity index (χ1n) is 3.29. The number of rotatable bonds is 5. The van der Waals surface area contributed by atoms with Crippen molar-refractivity contribution in [3.05, 3.63) is 0 Å². The summed E-state index contributed by atoms with van der Waals surface area (Å²) in [5.74, 6) is -0.611. The Bertz CT molecular complexity index is 189. The monoisotopic (exact) mass is 183 g/mol. The van der Waals surface area contributed by atoms with Crippen molar-refractivity contribution >= 4 is 10.1 Å². The molecular formula is C5H13NO4S. The molecule has 0 aliphatic carbocycles. The molecule has 0 bridgehead atoms. The van der Waals surface area contributed by atoms with Crippen LogP contribution in [0.25, 0.3) is 0 Å². The standard InChI is InChI=1S/C5H13NO4S/c1-2-6-3-5(7)4-11(8,9)10/h5-7H,2-4H2,1H3,(H,8,9,10). The molecule has 1 unspecified atom stereocenters. The predicted molar refractivity (Wildman–Crippen MR) is 41.0 cm³/mol. The van der Waals surface area contributed by atoms with Crippen molar-refractivity contribution in [3.8, 4) is 0 Å². The molecule has 0 aromatic heterocycles. The predicted octanol–water partition coefficient (Wildman–Crippen LogP) is -1.16. The quantitative estimate of drug-likeness (QED) is 0.468. The van der Waals surface area contributed by atoms with Crippen LogP contribution in [-0.2, 0) is 10.1 Å². The van der Waals surface area contributed by atoms with Gasteiger partial charge in [0.25, 0.3) is 10.1 Å². The SMILES string of the molecule is CCNCC(O)CS(=O)(=O)O. The molecule has 6 heteroatoms. The minimum atomic E-state index is -4.04. The van der Waals surface area contributed by atoms with E-state index in [0.29, 0.717) is 6.54 Å². The lowest BCUT2D eigenvalue weighted by Crippen LogP contribution is -2.32. The van der Waals surface area contributed by atoms with E-state index in [0.717, 1.165) is 0 Å². The number of hydrogen-bond acceptors (Lipinski definition) is 4. The summed E-state index contributed by atoms with van der Waals surface area (Å²) < 4.78 is 28.6. The van der Waals surface area contributed by atoms with E-state index in [1.165, 1.54) is 0 Å². The highest BCUT2D eigenvalue weighted by Gasteiger charge is 2.12. The average Bonchev–Trinajstić information content (AvgIpc) is 1.79. The maximum atomic E-state index is 10.2. The minimum absolute atomic E-state index is 0.177. The first kappa shape index (κ1) is 10.8. The van der Waals surface area contributed by atoms with Crippen molar-refractivity contribution in [2.45, 2.75) is 13.0 Å². The van der Waals surface area contributed by atoms with Gasteiger partial charge in [0.05, 0.1) is 6.10 Å².